The largest absolute Gasteiger partial charge is 0.396 e. The monoisotopic (exact) mass is 240 g/mol. The molecule has 0 aromatic carbocycles. The topological polar surface area (TPSA) is 52.6 Å². The van der Waals surface area contributed by atoms with Crippen molar-refractivity contribution >= 4 is 5.91 Å². The van der Waals surface area contributed by atoms with Crippen molar-refractivity contribution < 1.29 is 9.90 Å². The first-order chi connectivity index (χ1) is 8.17. The van der Waals surface area contributed by atoms with Gasteiger partial charge in [-0.2, -0.15) is 0 Å². The Hall–Kier alpha value is -0.610. The van der Waals surface area contributed by atoms with Crippen LogP contribution in [0.4, 0.5) is 0 Å². The summed E-state index contributed by atoms with van der Waals surface area (Å²) in [6.45, 7) is 4.70. The molecule has 0 aromatic rings. The van der Waals surface area contributed by atoms with E-state index in [0.717, 1.165) is 38.9 Å². The number of aliphatic hydroxyl groups excluding tert-OH is 1. The van der Waals surface area contributed by atoms with Gasteiger partial charge in [0.15, 0.2) is 0 Å². The van der Waals surface area contributed by atoms with Crippen LogP contribution in [-0.2, 0) is 4.79 Å². The maximum absolute atomic E-state index is 12.6. The van der Waals surface area contributed by atoms with Gasteiger partial charge in [0.25, 0.3) is 0 Å². The van der Waals surface area contributed by atoms with Gasteiger partial charge in [0.05, 0.1) is 5.41 Å². The average Bonchev–Trinajstić information content (AvgIpc) is 2.69. The highest BCUT2D eigenvalue weighted by Crippen LogP contribution is 2.32. The Balaban J connectivity index is 2.00. The molecule has 4 heteroatoms. The number of hydrogen-bond acceptors (Lipinski definition) is 3. The van der Waals surface area contributed by atoms with Gasteiger partial charge in [0.1, 0.15) is 0 Å². The lowest BCUT2D eigenvalue weighted by Crippen LogP contribution is -2.51. The molecule has 1 aliphatic heterocycles. The minimum atomic E-state index is -0.217. The van der Waals surface area contributed by atoms with Gasteiger partial charge in [-0.1, -0.05) is 0 Å². The molecule has 98 valence electrons. The lowest BCUT2D eigenvalue weighted by atomic mass is 9.84. The van der Waals surface area contributed by atoms with Crippen molar-refractivity contribution in [3.05, 3.63) is 0 Å². The minimum Gasteiger partial charge on any atom is -0.396 e. The van der Waals surface area contributed by atoms with Gasteiger partial charge in [0, 0.05) is 25.7 Å². The summed E-state index contributed by atoms with van der Waals surface area (Å²) < 4.78 is 0. The molecule has 0 bridgehead atoms. The van der Waals surface area contributed by atoms with Gasteiger partial charge in [-0.15, -0.1) is 0 Å². The summed E-state index contributed by atoms with van der Waals surface area (Å²) in [6, 6.07) is 0.437. The van der Waals surface area contributed by atoms with E-state index in [1.807, 2.05) is 4.90 Å². The van der Waals surface area contributed by atoms with Crippen LogP contribution in [0.1, 0.15) is 39.0 Å². The van der Waals surface area contributed by atoms with Gasteiger partial charge in [-0.25, -0.2) is 0 Å². The lowest BCUT2D eigenvalue weighted by Gasteiger charge is -2.41. The predicted molar refractivity (Wildman–Crippen MR) is 66.6 cm³/mol. The van der Waals surface area contributed by atoms with Crippen LogP contribution in [0.5, 0.6) is 0 Å². The molecular formula is C13H24N2O2. The summed E-state index contributed by atoms with van der Waals surface area (Å²) in [6.07, 6.45) is 5.16. The van der Waals surface area contributed by atoms with Crippen LogP contribution < -0.4 is 5.32 Å². The first-order valence-electron chi connectivity index (χ1n) is 6.80. The van der Waals surface area contributed by atoms with E-state index >= 15 is 0 Å². The van der Waals surface area contributed by atoms with Crippen LogP contribution >= 0.6 is 0 Å². The van der Waals surface area contributed by atoms with Crippen molar-refractivity contribution in [2.24, 2.45) is 5.41 Å². The summed E-state index contributed by atoms with van der Waals surface area (Å²) in [5.41, 5.74) is -0.217. The molecule has 0 spiro atoms. The Labute approximate surface area is 103 Å². The second-order valence-corrected chi connectivity index (χ2v) is 5.65. The van der Waals surface area contributed by atoms with Gasteiger partial charge < -0.3 is 15.3 Å². The fourth-order valence-electron chi connectivity index (χ4n) is 2.74. The standard InChI is InChI=1S/C13H24N2O2/c1-13(6-7-14-10-13)12(17)15(8-3-9-16)11-4-2-5-11/h11,14,16H,2-10H2,1H3. The van der Waals surface area contributed by atoms with E-state index in [9.17, 15) is 4.79 Å². The first kappa shape index (κ1) is 12.8. The van der Waals surface area contributed by atoms with Gasteiger partial charge in [0.2, 0.25) is 5.91 Å². The number of carbonyl (C=O) groups excluding carboxylic acids is 1. The molecule has 1 aliphatic carbocycles. The van der Waals surface area contributed by atoms with Crippen LogP contribution in [0.2, 0.25) is 0 Å². The molecule has 1 atom stereocenters. The molecule has 1 heterocycles. The summed E-state index contributed by atoms with van der Waals surface area (Å²) >= 11 is 0. The molecule has 2 N–H and O–H groups in total. The van der Waals surface area contributed by atoms with Gasteiger partial charge >= 0.3 is 0 Å². The summed E-state index contributed by atoms with van der Waals surface area (Å²) in [4.78, 5) is 14.6. The maximum Gasteiger partial charge on any atom is 0.230 e. The van der Waals surface area contributed by atoms with E-state index in [2.05, 4.69) is 12.2 Å². The third kappa shape index (κ3) is 2.63. The molecule has 2 fully saturated rings. The average molecular weight is 240 g/mol. The molecular weight excluding hydrogens is 216 g/mol. The summed E-state index contributed by atoms with van der Waals surface area (Å²) in [7, 11) is 0. The second-order valence-electron chi connectivity index (χ2n) is 5.65. The zero-order valence-electron chi connectivity index (χ0n) is 10.7. The molecule has 1 saturated carbocycles. The third-order valence-corrected chi connectivity index (χ3v) is 4.22. The number of aliphatic hydroxyl groups is 1. The van der Waals surface area contributed by atoms with E-state index < -0.39 is 0 Å². The lowest BCUT2D eigenvalue weighted by molar-refractivity contribution is -0.144. The third-order valence-electron chi connectivity index (χ3n) is 4.22. The fraction of sp³-hybridized carbons (Fsp3) is 0.923. The molecule has 0 radical (unpaired) electrons. The van der Waals surface area contributed by atoms with Gasteiger partial charge in [-0.05, 0) is 45.6 Å². The predicted octanol–water partition coefficient (Wildman–Crippen LogP) is 0.749. The quantitative estimate of drug-likeness (QED) is 0.745. The van der Waals surface area contributed by atoms with Crippen LogP contribution in [0, 0.1) is 5.41 Å². The summed E-state index contributed by atoms with van der Waals surface area (Å²) in [5.74, 6) is 0.292. The normalized spacial score (nSPS) is 29.1. The molecule has 2 aliphatic rings. The Morgan fingerprint density at radius 3 is 2.76 bits per heavy atom. The van der Waals surface area contributed by atoms with Crippen molar-refractivity contribution in [2.75, 3.05) is 26.2 Å². The Kier molecular flexibility index (Phi) is 4.05. The summed E-state index contributed by atoms with van der Waals surface area (Å²) in [5, 5.41) is 12.2. The van der Waals surface area contributed by atoms with Crippen molar-refractivity contribution in [1.82, 2.24) is 10.2 Å². The molecule has 17 heavy (non-hydrogen) atoms. The molecule has 0 aromatic heterocycles. The Bertz CT molecular complexity index is 271. The number of nitrogens with zero attached hydrogens (tertiary/aromatic N) is 1. The Morgan fingerprint density at radius 2 is 2.29 bits per heavy atom. The first-order valence-corrected chi connectivity index (χ1v) is 6.80. The molecule has 4 nitrogen and oxygen atoms in total. The van der Waals surface area contributed by atoms with Crippen molar-refractivity contribution in [3.8, 4) is 0 Å². The smallest absolute Gasteiger partial charge is 0.230 e. The SMILES string of the molecule is CC1(C(=O)N(CCCO)C2CCC2)CCNC1. The van der Waals surface area contributed by atoms with Crippen LogP contribution in [0.15, 0.2) is 0 Å². The molecule has 1 unspecified atom stereocenters. The van der Waals surface area contributed by atoms with Gasteiger partial charge in [-0.3, -0.25) is 4.79 Å². The highest BCUT2D eigenvalue weighted by atomic mass is 16.3. The minimum absolute atomic E-state index is 0.172. The molecule has 1 saturated heterocycles. The highest BCUT2D eigenvalue weighted by molar-refractivity contribution is 5.83. The second kappa shape index (κ2) is 5.36. The van der Waals surface area contributed by atoms with Crippen molar-refractivity contribution in [3.63, 3.8) is 0 Å². The van der Waals surface area contributed by atoms with Crippen LogP contribution in [0.25, 0.3) is 0 Å². The Morgan fingerprint density at radius 1 is 1.53 bits per heavy atom. The van der Waals surface area contributed by atoms with E-state index in [-0.39, 0.29) is 12.0 Å². The number of rotatable bonds is 5. The van der Waals surface area contributed by atoms with E-state index in [4.69, 9.17) is 5.11 Å². The zero-order valence-corrected chi connectivity index (χ0v) is 10.7. The van der Waals surface area contributed by atoms with Crippen LogP contribution in [0.3, 0.4) is 0 Å². The molecule has 2 rings (SSSR count). The van der Waals surface area contributed by atoms with E-state index in [0.29, 0.717) is 18.4 Å². The van der Waals surface area contributed by atoms with Crippen molar-refractivity contribution in [2.45, 2.75) is 45.1 Å². The maximum atomic E-state index is 12.6. The number of hydrogen-bond donors (Lipinski definition) is 2. The highest BCUT2D eigenvalue weighted by Gasteiger charge is 2.41. The van der Waals surface area contributed by atoms with E-state index in [1.54, 1.807) is 0 Å². The number of carbonyl (C=O) groups is 1. The van der Waals surface area contributed by atoms with E-state index in [1.165, 1.54) is 6.42 Å². The number of nitrogens with one attached hydrogen (secondary N) is 1. The molecule has 1 amide bonds. The zero-order chi connectivity index (χ0) is 12.3. The number of amides is 1. The van der Waals surface area contributed by atoms with Crippen LogP contribution in [-0.4, -0.2) is 48.2 Å². The fourth-order valence-corrected chi connectivity index (χ4v) is 2.74. The van der Waals surface area contributed by atoms with Crippen molar-refractivity contribution in [1.29, 1.82) is 0 Å².